The predicted molar refractivity (Wildman–Crippen MR) is 171 cm³/mol. The van der Waals surface area contributed by atoms with Crippen molar-refractivity contribution in [3.63, 3.8) is 0 Å². The number of fused-ring (bicyclic) bond motifs is 1. The van der Waals surface area contributed by atoms with Crippen molar-refractivity contribution in [3.05, 3.63) is 118 Å². The number of hydrogen-bond acceptors (Lipinski definition) is 11. The van der Waals surface area contributed by atoms with Gasteiger partial charge in [0.2, 0.25) is 0 Å². The minimum Gasteiger partial charge on any atom is -0.459 e. The van der Waals surface area contributed by atoms with E-state index in [1.54, 1.807) is 79.7 Å². The molecule has 5 aromatic rings. The van der Waals surface area contributed by atoms with Gasteiger partial charge in [-0.25, -0.2) is 24.4 Å². The van der Waals surface area contributed by atoms with Gasteiger partial charge in [0.15, 0.2) is 23.0 Å². The Labute approximate surface area is 270 Å². The second kappa shape index (κ2) is 12.6. The van der Waals surface area contributed by atoms with Crippen LogP contribution in [-0.4, -0.2) is 62.5 Å². The maximum Gasteiger partial charge on any atom is 0.338 e. The fraction of sp³-hybridized carbons (Fsp3) is 0.257. The smallest absolute Gasteiger partial charge is 0.338 e. The van der Waals surface area contributed by atoms with Crippen molar-refractivity contribution in [1.82, 2.24) is 20.2 Å². The lowest BCUT2D eigenvalue weighted by atomic mass is 9.89. The van der Waals surface area contributed by atoms with E-state index in [1.165, 1.54) is 6.33 Å². The number of benzene rings is 3. The van der Waals surface area contributed by atoms with Gasteiger partial charge in [-0.15, -0.1) is 0 Å². The number of carbonyl (C=O) groups is 3. The third kappa shape index (κ3) is 6.27. The lowest BCUT2D eigenvalue weighted by Crippen LogP contribution is -2.49. The van der Waals surface area contributed by atoms with Gasteiger partial charge in [0.1, 0.15) is 30.7 Å². The second-order valence-electron chi connectivity index (χ2n) is 11.7. The lowest BCUT2D eigenvalue weighted by Gasteiger charge is -2.34. The first-order valence-corrected chi connectivity index (χ1v) is 14.9. The first-order chi connectivity index (χ1) is 22.5. The summed E-state index contributed by atoms with van der Waals surface area (Å²) in [6.07, 6.45) is -2.21. The van der Waals surface area contributed by atoms with E-state index in [4.69, 9.17) is 24.7 Å². The molecule has 0 aliphatic carbocycles. The van der Waals surface area contributed by atoms with Crippen LogP contribution in [0.4, 0.5) is 5.82 Å². The molecule has 12 heteroatoms. The second-order valence-corrected chi connectivity index (χ2v) is 11.7. The summed E-state index contributed by atoms with van der Waals surface area (Å²) < 4.78 is 24.5. The van der Waals surface area contributed by atoms with E-state index in [9.17, 15) is 14.4 Å². The van der Waals surface area contributed by atoms with E-state index < -0.39 is 41.8 Å². The summed E-state index contributed by atoms with van der Waals surface area (Å²) in [5.74, 6) is -1.85. The highest BCUT2D eigenvalue weighted by Crippen LogP contribution is 2.47. The quantitative estimate of drug-likeness (QED) is 0.174. The highest BCUT2D eigenvalue weighted by molar-refractivity contribution is 5.91. The zero-order valence-electron chi connectivity index (χ0n) is 26.2. The first-order valence-electron chi connectivity index (χ1n) is 14.9. The molecule has 3 heterocycles. The molecule has 1 aliphatic heterocycles. The van der Waals surface area contributed by atoms with E-state index in [-0.39, 0.29) is 29.1 Å². The van der Waals surface area contributed by atoms with Crippen LogP contribution in [0.3, 0.4) is 0 Å². The molecule has 0 saturated carbocycles. The van der Waals surface area contributed by atoms with Crippen molar-refractivity contribution >= 4 is 34.8 Å². The van der Waals surface area contributed by atoms with Crippen molar-refractivity contribution < 1.29 is 33.3 Å². The van der Waals surface area contributed by atoms with Crippen LogP contribution in [0.15, 0.2) is 79.1 Å². The van der Waals surface area contributed by atoms with Crippen molar-refractivity contribution in [2.45, 2.75) is 51.6 Å². The zero-order chi connectivity index (χ0) is 33.3. The maximum absolute atomic E-state index is 13.7. The minimum absolute atomic E-state index is 0.125. The van der Waals surface area contributed by atoms with Gasteiger partial charge >= 0.3 is 17.9 Å². The summed E-state index contributed by atoms with van der Waals surface area (Å²) in [5.41, 5.74) is 9.04. The number of rotatable bonds is 8. The van der Waals surface area contributed by atoms with Crippen molar-refractivity contribution in [2.75, 3.05) is 12.3 Å². The number of nitrogens with two attached hydrogens (primary N) is 1. The number of anilines is 1. The van der Waals surface area contributed by atoms with E-state index in [2.05, 4.69) is 20.2 Å². The minimum atomic E-state index is -1.69. The summed E-state index contributed by atoms with van der Waals surface area (Å²) >= 11 is 0. The number of hydrogen-bond donors (Lipinski definition) is 2. The Morgan fingerprint density at radius 2 is 1.32 bits per heavy atom. The Morgan fingerprint density at radius 1 is 0.787 bits per heavy atom. The topological polar surface area (TPSA) is 169 Å². The van der Waals surface area contributed by atoms with Crippen LogP contribution in [0.5, 0.6) is 0 Å². The predicted octanol–water partition coefficient (Wildman–Crippen LogP) is 5.00. The van der Waals surface area contributed by atoms with Crippen molar-refractivity contribution in [3.8, 4) is 0 Å². The average molecular weight is 636 g/mol. The summed E-state index contributed by atoms with van der Waals surface area (Å²) in [7, 11) is 0. The van der Waals surface area contributed by atoms with Gasteiger partial charge in [0.25, 0.3) is 0 Å². The molecule has 47 heavy (non-hydrogen) atoms. The Balaban J connectivity index is 1.41. The van der Waals surface area contributed by atoms with Gasteiger partial charge in [0, 0.05) is 0 Å². The molecule has 2 unspecified atom stereocenters. The van der Waals surface area contributed by atoms with Gasteiger partial charge in [-0.2, -0.15) is 5.10 Å². The Kier molecular flexibility index (Phi) is 8.44. The summed E-state index contributed by atoms with van der Waals surface area (Å²) in [6, 6.07) is 20.6. The van der Waals surface area contributed by atoms with Crippen LogP contribution < -0.4 is 5.73 Å². The Bertz CT molecular complexity index is 1940. The highest BCUT2D eigenvalue weighted by atomic mass is 16.7. The lowest BCUT2D eigenvalue weighted by molar-refractivity contribution is -0.0894. The van der Waals surface area contributed by atoms with Gasteiger partial charge in [0.05, 0.1) is 22.4 Å². The van der Waals surface area contributed by atoms with E-state index >= 15 is 0 Å². The Hall–Kier alpha value is -5.62. The highest BCUT2D eigenvalue weighted by Gasteiger charge is 2.61. The molecule has 3 N–H and O–H groups in total. The molecule has 0 radical (unpaired) electrons. The number of aromatic nitrogens is 4. The van der Waals surface area contributed by atoms with Crippen LogP contribution >= 0.6 is 0 Å². The SMILES string of the molecule is Cc1ccc(C(=O)OCC2OC(c3[nH]nc4c(N)ncnc34)[C@](C)(OC(=O)c3ccc(C)cc3)[C@@H]2OC(=O)c2ccc(C)cc2)cc1. The summed E-state index contributed by atoms with van der Waals surface area (Å²) in [5, 5.41) is 7.18. The van der Waals surface area contributed by atoms with Crippen molar-refractivity contribution in [1.29, 1.82) is 0 Å². The van der Waals surface area contributed by atoms with Gasteiger partial charge in [-0.3, -0.25) is 5.10 Å². The van der Waals surface area contributed by atoms with Gasteiger partial charge < -0.3 is 24.7 Å². The fourth-order valence-electron chi connectivity index (χ4n) is 5.49. The number of nitrogens with one attached hydrogen (secondary N) is 1. The molecule has 3 aromatic carbocycles. The molecule has 6 rings (SSSR count). The van der Waals surface area contributed by atoms with E-state index in [0.29, 0.717) is 16.8 Å². The molecule has 1 saturated heterocycles. The van der Waals surface area contributed by atoms with Crippen LogP contribution in [0, 0.1) is 20.8 Å². The normalized spacial score (nSPS) is 20.6. The number of H-pyrrole nitrogens is 1. The molecule has 2 aromatic heterocycles. The molecule has 4 atom stereocenters. The number of aromatic amines is 1. The molecular weight excluding hydrogens is 602 g/mol. The number of carbonyl (C=O) groups excluding carboxylic acids is 3. The van der Waals surface area contributed by atoms with Crippen LogP contribution in [0.1, 0.15) is 66.5 Å². The number of nitrogens with zero attached hydrogens (tertiary/aromatic N) is 3. The third-order valence-electron chi connectivity index (χ3n) is 8.18. The van der Waals surface area contributed by atoms with Crippen molar-refractivity contribution in [2.24, 2.45) is 0 Å². The summed E-state index contributed by atoms with van der Waals surface area (Å²) in [4.78, 5) is 48.7. The largest absolute Gasteiger partial charge is 0.459 e. The molecule has 0 spiro atoms. The molecule has 1 fully saturated rings. The van der Waals surface area contributed by atoms with Gasteiger partial charge in [-0.05, 0) is 64.1 Å². The molecule has 12 nitrogen and oxygen atoms in total. The maximum atomic E-state index is 13.7. The number of nitrogen functional groups attached to an aromatic ring is 1. The third-order valence-corrected chi connectivity index (χ3v) is 8.18. The number of esters is 3. The molecule has 1 aliphatic rings. The molecular formula is C35H33N5O7. The number of aryl methyl sites for hydroxylation is 3. The van der Waals surface area contributed by atoms with E-state index in [0.717, 1.165) is 16.7 Å². The van der Waals surface area contributed by atoms with Crippen LogP contribution in [-0.2, 0) is 18.9 Å². The zero-order valence-corrected chi connectivity index (χ0v) is 26.2. The molecule has 240 valence electrons. The Morgan fingerprint density at radius 3 is 1.89 bits per heavy atom. The van der Waals surface area contributed by atoms with Crippen LogP contribution in [0.2, 0.25) is 0 Å². The van der Waals surface area contributed by atoms with Crippen LogP contribution in [0.25, 0.3) is 11.0 Å². The average Bonchev–Trinajstić information content (AvgIpc) is 3.60. The van der Waals surface area contributed by atoms with E-state index in [1.807, 2.05) is 20.8 Å². The molecule has 0 bridgehead atoms. The standard InChI is InChI=1S/C35H33N5O7/c1-19-5-11-22(12-6-19)32(41)44-17-25-29(46-33(42)23-13-7-20(2)8-14-23)35(4,47-34(43)24-15-9-21(3)10-16-24)30(45-25)27-26-28(40-39-27)31(36)38-18-37-26/h5-16,18,25,29-30H,17H2,1-4H3,(H,39,40)(H2,36,37,38)/t25?,29-,30?,35-/m1/s1. The molecule has 0 amide bonds. The monoisotopic (exact) mass is 635 g/mol. The fourth-order valence-corrected chi connectivity index (χ4v) is 5.49. The summed E-state index contributed by atoms with van der Waals surface area (Å²) in [6.45, 7) is 6.96. The first kappa shape index (κ1) is 31.4. The number of ether oxygens (including phenoxy) is 4. The van der Waals surface area contributed by atoms with Gasteiger partial charge in [-0.1, -0.05) is 53.1 Å².